The van der Waals surface area contributed by atoms with Crippen LogP contribution in [-0.2, 0) is 0 Å². The Morgan fingerprint density at radius 3 is 2.20 bits per heavy atom. The van der Waals surface area contributed by atoms with Crippen molar-refractivity contribution in [3.05, 3.63) is 0 Å². The highest BCUT2D eigenvalue weighted by Gasteiger charge is 2.27. The molecule has 2 rings (SSSR count). The van der Waals surface area contributed by atoms with Gasteiger partial charge in [-0.25, -0.2) is 0 Å². The zero-order chi connectivity index (χ0) is 10.7. The third kappa shape index (κ3) is 2.96. The Kier molecular flexibility index (Phi) is 4.07. The number of rotatable bonds is 3. The van der Waals surface area contributed by atoms with Crippen molar-refractivity contribution in [2.75, 3.05) is 0 Å². The van der Waals surface area contributed by atoms with Gasteiger partial charge in [0.15, 0.2) is 0 Å². The van der Waals surface area contributed by atoms with E-state index in [4.69, 9.17) is 0 Å². The first-order valence-electron chi connectivity index (χ1n) is 7.03. The standard InChI is InChI=1S/C14H27N/c1-11-7-3-6-10-14(11)15-12(2)13-8-4-5-9-13/h11-15H,3-10H2,1-2H3/t11?,12-,14?/m1/s1. The van der Waals surface area contributed by atoms with Crippen molar-refractivity contribution >= 4 is 0 Å². The van der Waals surface area contributed by atoms with Gasteiger partial charge in [-0.2, -0.15) is 0 Å². The summed E-state index contributed by atoms with van der Waals surface area (Å²) in [7, 11) is 0. The third-order valence-corrected chi connectivity index (χ3v) is 4.70. The molecule has 0 aliphatic heterocycles. The maximum atomic E-state index is 3.91. The second-order valence-electron chi connectivity index (χ2n) is 5.87. The number of nitrogens with one attached hydrogen (secondary N) is 1. The van der Waals surface area contributed by atoms with E-state index in [9.17, 15) is 0 Å². The average Bonchev–Trinajstić information content (AvgIpc) is 2.74. The summed E-state index contributed by atoms with van der Waals surface area (Å²) in [4.78, 5) is 0. The van der Waals surface area contributed by atoms with Gasteiger partial charge < -0.3 is 5.32 Å². The molecule has 2 saturated carbocycles. The van der Waals surface area contributed by atoms with Crippen LogP contribution < -0.4 is 5.32 Å². The summed E-state index contributed by atoms with van der Waals surface area (Å²) in [6.07, 6.45) is 11.6. The molecule has 2 aliphatic rings. The van der Waals surface area contributed by atoms with Gasteiger partial charge >= 0.3 is 0 Å². The normalized spacial score (nSPS) is 35.6. The molecule has 0 radical (unpaired) electrons. The van der Waals surface area contributed by atoms with Gasteiger partial charge in [0.25, 0.3) is 0 Å². The van der Waals surface area contributed by atoms with Crippen molar-refractivity contribution in [2.45, 2.75) is 77.3 Å². The van der Waals surface area contributed by atoms with Crippen molar-refractivity contribution in [3.63, 3.8) is 0 Å². The van der Waals surface area contributed by atoms with Gasteiger partial charge in [-0.3, -0.25) is 0 Å². The van der Waals surface area contributed by atoms with E-state index >= 15 is 0 Å². The lowest BCUT2D eigenvalue weighted by molar-refractivity contribution is 0.235. The number of hydrogen-bond donors (Lipinski definition) is 1. The molecule has 0 aromatic carbocycles. The van der Waals surface area contributed by atoms with Crippen molar-refractivity contribution < 1.29 is 0 Å². The molecule has 88 valence electrons. The van der Waals surface area contributed by atoms with Crippen LogP contribution in [0.4, 0.5) is 0 Å². The summed E-state index contributed by atoms with van der Waals surface area (Å²) in [5.74, 6) is 1.88. The molecule has 0 aromatic heterocycles. The maximum Gasteiger partial charge on any atom is 0.00952 e. The predicted octanol–water partition coefficient (Wildman–Crippen LogP) is 3.73. The smallest absolute Gasteiger partial charge is 0.00952 e. The van der Waals surface area contributed by atoms with E-state index in [2.05, 4.69) is 19.2 Å². The molecule has 1 nitrogen and oxygen atoms in total. The number of hydrogen-bond acceptors (Lipinski definition) is 1. The lowest BCUT2D eigenvalue weighted by atomic mass is 9.84. The Morgan fingerprint density at radius 1 is 0.933 bits per heavy atom. The van der Waals surface area contributed by atoms with E-state index in [1.165, 1.54) is 51.4 Å². The summed E-state index contributed by atoms with van der Waals surface area (Å²) >= 11 is 0. The van der Waals surface area contributed by atoms with Gasteiger partial charge in [0, 0.05) is 12.1 Å². The average molecular weight is 209 g/mol. The first-order chi connectivity index (χ1) is 7.27. The van der Waals surface area contributed by atoms with Crippen LogP contribution in [0.5, 0.6) is 0 Å². The van der Waals surface area contributed by atoms with Crippen molar-refractivity contribution in [2.24, 2.45) is 11.8 Å². The molecule has 0 saturated heterocycles. The quantitative estimate of drug-likeness (QED) is 0.747. The fourth-order valence-corrected chi connectivity index (χ4v) is 3.50. The van der Waals surface area contributed by atoms with E-state index in [-0.39, 0.29) is 0 Å². The van der Waals surface area contributed by atoms with E-state index in [0.717, 1.165) is 23.9 Å². The SMILES string of the molecule is CC1CCCCC1N[C@H](C)C1CCCC1. The van der Waals surface area contributed by atoms with E-state index in [0.29, 0.717) is 0 Å². The molecule has 0 aromatic rings. The Bertz CT molecular complexity index is 184. The second kappa shape index (κ2) is 5.34. The van der Waals surface area contributed by atoms with Crippen LogP contribution in [0.1, 0.15) is 65.2 Å². The minimum atomic E-state index is 0.762. The van der Waals surface area contributed by atoms with Gasteiger partial charge in [0.05, 0.1) is 0 Å². The molecule has 2 fully saturated rings. The van der Waals surface area contributed by atoms with E-state index in [1.54, 1.807) is 0 Å². The summed E-state index contributed by atoms with van der Waals surface area (Å²) < 4.78 is 0. The molecule has 0 spiro atoms. The first kappa shape index (κ1) is 11.4. The zero-order valence-corrected chi connectivity index (χ0v) is 10.5. The van der Waals surface area contributed by atoms with Gasteiger partial charge in [0.2, 0.25) is 0 Å². The highest BCUT2D eigenvalue weighted by Crippen LogP contribution is 2.30. The summed E-state index contributed by atoms with van der Waals surface area (Å²) in [5.41, 5.74) is 0. The lowest BCUT2D eigenvalue weighted by Gasteiger charge is -2.34. The molecule has 0 bridgehead atoms. The minimum Gasteiger partial charge on any atom is -0.311 e. The molecule has 2 aliphatic carbocycles. The molecule has 1 heteroatoms. The zero-order valence-electron chi connectivity index (χ0n) is 10.5. The van der Waals surface area contributed by atoms with Crippen molar-refractivity contribution in [1.29, 1.82) is 0 Å². The third-order valence-electron chi connectivity index (χ3n) is 4.70. The molecular formula is C14H27N. The van der Waals surface area contributed by atoms with Crippen LogP contribution in [0.15, 0.2) is 0 Å². The lowest BCUT2D eigenvalue weighted by Crippen LogP contribution is -2.44. The van der Waals surface area contributed by atoms with Gasteiger partial charge in [-0.05, 0) is 44.4 Å². The molecule has 2 unspecified atom stereocenters. The van der Waals surface area contributed by atoms with Crippen LogP contribution in [0.3, 0.4) is 0 Å². The van der Waals surface area contributed by atoms with Gasteiger partial charge in [0.1, 0.15) is 0 Å². The van der Waals surface area contributed by atoms with Crippen LogP contribution in [0.25, 0.3) is 0 Å². The Morgan fingerprint density at radius 2 is 1.53 bits per heavy atom. The highest BCUT2D eigenvalue weighted by atomic mass is 15.0. The van der Waals surface area contributed by atoms with Gasteiger partial charge in [-0.15, -0.1) is 0 Å². The summed E-state index contributed by atoms with van der Waals surface area (Å²) in [5, 5.41) is 3.91. The summed E-state index contributed by atoms with van der Waals surface area (Å²) in [6, 6.07) is 1.58. The minimum absolute atomic E-state index is 0.762. The monoisotopic (exact) mass is 209 g/mol. The van der Waals surface area contributed by atoms with Crippen LogP contribution in [-0.4, -0.2) is 12.1 Å². The molecule has 0 heterocycles. The molecule has 3 atom stereocenters. The first-order valence-corrected chi connectivity index (χ1v) is 7.03. The van der Waals surface area contributed by atoms with E-state index < -0.39 is 0 Å². The van der Waals surface area contributed by atoms with Crippen molar-refractivity contribution in [1.82, 2.24) is 5.32 Å². The molecule has 0 amide bonds. The Labute approximate surface area is 95.0 Å². The van der Waals surface area contributed by atoms with Gasteiger partial charge in [-0.1, -0.05) is 32.6 Å². The molecule has 15 heavy (non-hydrogen) atoms. The highest BCUT2D eigenvalue weighted by molar-refractivity contribution is 4.84. The van der Waals surface area contributed by atoms with Crippen LogP contribution in [0, 0.1) is 11.8 Å². The Hall–Kier alpha value is -0.0400. The predicted molar refractivity (Wildman–Crippen MR) is 66.0 cm³/mol. The second-order valence-corrected chi connectivity index (χ2v) is 5.87. The summed E-state index contributed by atoms with van der Waals surface area (Å²) in [6.45, 7) is 4.84. The van der Waals surface area contributed by atoms with Crippen LogP contribution in [0.2, 0.25) is 0 Å². The maximum absolute atomic E-state index is 3.91. The topological polar surface area (TPSA) is 12.0 Å². The van der Waals surface area contributed by atoms with E-state index in [1.807, 2.05) is 0 Å². The van der Waals surface area contributed by atoms with Crippen LogP contribution >= 0.6 is 0 Å². The molecular weight excluding hydrogens is 182 g/mol. The van der Waals surface area contributed by atoms with Crippen molar-refractivity contribution in [3.8, 4) is 0 Å². The fourth-order valence-electron chi connectivity index (χ4n) is 3.50. The Balaban J connectivity index is 1.78. The molecule has 1 N–H and O–H groups in total. The fraction of sp³-hybridized carbons (Fsp3) is 1.00. The largest absolute Gasteiger partial charge is 0.311 e.